The van der Waals surface area contributed by atoms with Gasteiger partial charge in [0.2, 0.25) is 0 Å². The highest BCUT2D eigenvalue weighted by Gasteiger charge is 2.49. The topological polar surface area (TPSA) is 76.0 Å². The van der Waals surface area contributed by atoms with Gasteiger partial charge in [-0.25, -0.2) is 0 Å². The quantitative estimate of drug-likeness (QED) is 0.645. The largest absolute Gasteiger partial charge is 0.481 e. The number of rotatable bonds is 3. The molecule has 0 amide bonds. The lowest BCUT2D eigenvalue weighted by atomic mass is 9.96. The first kappa shape index (κ1) is 12.0. The molecule has 1 heterocycles. The van der Waals surface area contributed by atoms with Crippen LogP contribution in [0.2, 0.25) is 0 Å². The molecule has 2 atom stereocenters. The summed E-state index contributed by atoms with van der Waals surface area (Å²) in [6.07, 6.45) is 3.51. The predicted octanol–water partition coefficient (Wildman–Crippen LogP) is -0.0231. The summed E-state index contributed by atoms with van der Waals surface area (Å²) in [6, 6.07) is 0. The van der Waals surface area contributed by atoms with Crippen LogP contribution in [0.3, 0.4) is 0 Å². The molecule has 0 aromatic rings. The molecule has 1 saturated heterocycles. The van der Waals surface area contributed by atoms with E-state index in [4.69, 9.17) is 21.0 Å². The van der Waals surface area contributed by atoms with Crippen molar-refractivity contribution in [3.63, 3.8) is 0 Å². The zero-order chi connectivity index (χ0) is 11.7. The summed E-state index contributed by atoms with van der Waals surface area (Å²) in [6.45, 7) is 3.30. The molecule has 5 heteroatoms. The van der Waals surface area contributed by atoms with E-state index >= 15 is 0 Å². The maximum absolute atomic E-state index is 10.5. The van der Waals surface area contributed by atoms with Crippen LogP contribution < -0.4 is 0 Å². The van der Waals surface area contributed by atoms with Crippen LogP contribution in [0.5, 0.6) is 0 Å². The van der Waals surface area contributed by atoms with Crippen LogP contribution in [0.25, 0.3) is 0 Å². The molecule has 1 aliphatic heterocycles. The van der Waals surface area contributed by atoms with Crippen LogP contribution in [0.15, 0.2) is 0 Å². The van der Waals surface area contributed by atoms with Crippen molar-refractivity contribution in [2.24, 2.45) is 0 Å². The van der Waals surface area contributed by atoms with E-state index < -0.39 is 29.9 Å². The molecule has 0 radical (unpaired) electrons. The van der Waals surface area contributed by atoms with Gasteiger partial charge in [-0.15, -0.1) is 6.42 Å². The van der Waals surface area contributed by atoms with E-state index in [0.29, 0.717) is 0 Å². The fourth-order valence-corrected chi connectivity index (χ4v) is 1.44. The SMILES string of the molecule is C#C[C@]1(C(O)CC(=O)O)COC(C)(C)O1. The summed E-state index contributed by atoms with van der Waals surface area (Å²) in [4.78, 5) is 10.5. The minimum atomic E-state index is -1.36. The van der Waals surface area contributed by atoms with Crippen molar-refractivity contribution in [1.29, 1.82) is 0 Å². The Balaban J connectivity index is 2.80. The molecule has 0 spiro atoms. The Morgan fingerprint density at radius 2 is 2.27 bits per heavy atom. The van der Waals surface area contributed by atoms with Crippen LogP contribution in [0, 0.1) is 12.3 Å². The van der Waals surface area contributed by atoms with E-state index in [9.17, 15) is 9.90 Å². The molecule has 1 unspecified atom stereocenters. The van der Waals surface area contributed by atoms with Crippen molar-refractivity contribution >= 4 is 5.97 Å². The molecule has 1 rings (SSSR count). The van der Waals surface area contributed by atoms with Gasteiger partial charge >= 0.3 is 5.97 Å². The van der Waals surface area contributed by atoms with Gasteiger partial charge in [-0.05, 0) is 13.8 Å². The summed E-state index contributed by atoms with van der Waals surface area (Å²) in [5.41, 5.74) is -1.36. The van der Waals surface area contributed by atoms with Gasteiger partial charge < -0.3 is 19.7 Å². The molecule has 0 bridgehead atoms. The Hall–Kier alpha value is -1.09. The van der Waals surface area contributed by atoms with Crippen molar-refractivity contribution in [2.45, 2.75) is 37.8 Å². The third kappa shape index (κ3) is 2.48. The Kier molecular flexibility index (Phi) is 3.05. The third-order valence-electron chi connectivity index (χ3n) is 2.21. The zero-order valence-corrected chi connectivity index (χ0v) is 8.69. The van der Waals surface area contributed by atoms with Crippen LogP contribution in [0.4, 0.5) is 0 Å². The summed E-state index contributed by atoms with van der Waals surface area (Å²) in [5, 5.41) is 18.2. The minimum Gasteiger partial charge on any atom is -0.481 e. The van der Waals surface area contributed by atoms with E-state index in [2.05, 4.69) is 5.92 Å². The van der Waals surface area contributed by atoms with Gasteiger partial charge in [-0.3, -0.25) is 4.79 Å². The average Bonchev–Trinajstić information content (AvgIpc) is 2.42. The molecule has 1 fully saturated rings. The molecule has 15 heavy (non-hydrogen) atoms. The van der Waals surface area contributed by atoms with Crippen molar-refractivity contribution in [3.05, 3.63) is 0 Å². The molecule has 5 nitrogen and oxygen atoms in total. The monoisotopic (exact) mass is 214 g/mol. The Bertz CT molecular complexity index is 303. The average molecular weight is 214 g/mol. The number of carbonyl (C=O) groups is 1. The second kappa shape index (κ2) is 3.81. The smallest absolute Gasteiger partial charge is 0.306 e. The van der Waals surface area contributed by atoms with Gasteiger partial charge in [-0.1, -0.05) is 5.92 Å². The number of aliphatic carboxylic acids is 1. The van der Waals surface area contributed by atoms with Crippen molar-refractivity contribution in [1.82, 2.24) is 0 Å². The Labute approximate surface area is 88.0 Å². The van der Waals surface area contributed by atoms with Crippen LogP contribution in [0.1, 0.15) is 20.3 Å². The van der Waals surface area contributed by atoms with Crippen LogP contribution >= 0.6 is 0 Å². The maximum Gasteiger partial charge on any atom is 0.306 e. The fourth-order valence-electron chi connectivity index (χ4n) is 1.44. The Morgan fingerprint density at radius 1 is 1.67 bits per heavy atom. The van der Waals surface area contributed by atoms with Crippen molar-refractivity contribution < 1.29 is 24.5 Å². The van der Waals surface area contributed by atoms with Crippen LogP contribution in [-0.4, -0.2) is 40.3 Å². The van der Waals surface area contributed by atoms with Gasteiger partial charge in [-0.2, -0.15) is 0 Å². The Morgan fingerprint density at radius 3 is 2.60 bits per heavy atom. The highest BCUT2D eigenvalue weighted by molar-refractivity contribution is 5.67. The lowest BCUT2D eigenvalue weighted by Gasteiger charge is -2.27. The maximum atomic E-state index is 10.5. The number of aliphatic hydroxyl groups is 1. The summed E-state index contributed by atoms with van der Waals surface area (Å²) in [7, 11) is 0. The number of carboxylic acids is 1. The number of ether oxygens (including phenoxy) is 2. The number of aliphatic hydroxyl groups excluding tert-OH is 1. The highest BCUT2D eigenvalue weighted by atomic mass is 16.8. The summed E-state index contributed by atoms with van der Waals surface area (Å²) in [5.74, 6) is 0.247. The van der Waals surface area contributed by atoms with Gasteiger partial charge in [0.25, 0.3) is 0 Å². The molecule has 0 aliphatic carbocycles. The molecule has 84 valence electrons. The van der Waals surface area contributed by atoms with E-state index in [-0.39, 0.29) is 6.61 Å². The van der Waals surface area contributed by atoms with Gasteiger partial charge in [0.05, 0.1) is 13.0 Å². The molecule has 2 N–H and O–H groups in total. The van der Waals surface area contributed by atoms with Crippen LogP contribution in [-0.2, 0) is 14.3 Å². The number of hydrogen-bond donors (Lipinski definition) is 2. The molecule has 0 saturated carbocycles. The number of carboxylic acid groups (broad SMARTS) is 1. The second-order valence-electron chi connectivity index (χ2n) is 3.94. The first-order valence-corrected chi connectivity index (χ1v) is 4.53. The summed E-state index contributed by atoms with van der Waals surface area (Å²) < 4.78 is 10.6. The molecule has 0 aromatic heterocycles. The molecule has 0 aromatic carbocycles. The molecular formula is C10H14O5. The van der Waals surface area contributed by atoms with Gasteiger partial charge in [0, 0.05) is 0 Å². The normalized spacial score (nSPS) is 30.8. The first-order valence-electron chi connectivity index (χ1n) is 4.53. The summed E-state index contributed by atoms with van der Waals surface area (Å²) >= 11 is 0. The van der Waals surface area contributed by atoms with Crippen molar-refractivity contribution in [3.8, 4) is 12.3 Å². The van der Waals surface area contributed by atoms with E-state index in [1.165, 1.54) is 0 Å². The minimum absolute atomic E-state index is 0.00898. The number of terminal acetylenes is 1. The fraction of sp³-hybridized carbons (Fsp3) is 0.700. The highest BCUT2D eigenvalue weighted by Crippen LogP contribution is 2.33. The zero-order valence-electron chi connectivity index (χ0n) is 8.69. The van der Waals surface area contributed by atoms with Gasteiger partial charge in [0.1, 0.15) is 6.10 Å². The third-order valence-corrected chi connectivity index (χ3v) is 2.21. The van der Waals surface area contributed by atoms with E-state index in [0.717, 1.165) is 0 Å². The molecule has 1 aliphatic rings. The van der Waals surface area contributed by atoms with Gasteiger partial charge in [0.15, 0.2) is 11.4 Å². The van der Waals surface area contributed by atoms with E-state index in [1.807, 2.05) is 0 Å². The lowest BCUT2D eigenvalue weighted by Crippen LogP contribution is -2.45. The standard InChI is InChI=1S/C10H14O5/c1-4-10(7(11)5-8(12)13)6-14-9(2,3)15-10/h1,7,11H,5-6H2,2-3H3,(H,12,13)/t7?,10-/m1/s1. The number of hydrogen-bond acceptors (Lipinski definition) is 4. The predicted molar refractivity (Wildman–Crippen MR) is 50.9 cm³/mol. The first-order chi connectivity index (χ1) is 6.81. The van der Waals surface area contributed by atoms with E-state index in [1.54, 1.807) is 13.8 Å². The second-order valence-corrected chi connectivity index (χ2v) is 3.94. The molecular weight excluding hydrogens is 200 g/mol. The lowest BCUT2D eigenvalue weighted by molar-refractivity contribution is -0.172. The van der Waals surface area contributed by atoms with Crippen molar-refractivity contribution in [2.75, 3.05) is 6.61 Å².